The fourth-order valence-corrected chi connectivity index (χ4v) is 2.94. The Morgan fingerprint density at radius 2 is 1.80 bits per heavy atom. The Hall–Kier alpha value is -0.0400. The Morgan fingerprint density at radius 1 is 1.07 bits per heavy atom. The molecular weight excluding hydrogens is 182 g/mol. The summed E-state index contributed by atoms with van der Waals surface area (Å²) < 4.78 is 0. The van der Waals surface area contributed by atoms with Crippen LogP contribution in [0.3, 0.4) is 0 Å². The number of rotatable bonds is 7. The molecule has 0 saturated heterocycles. The van der Waals surface area contributed by atoms with Gasteiger partial charge in [-0.3, -0.25) is 0 Å². The van der Waals surface area contributed by atoms with Gasteiger partial charge in [0.15, 0.2) is 0 Å². The second kappa shape index (κ2) is 8.15. The second-order valence-corrected chi connectivity index (χ2v) is 5.14. The molecule has 0 bridgehead atoms. The van der Waals surface area contributed by atoms with Crippen LogP contribution in [-0.2, 0) is 0 Å². The molecule has 0 amide bonds. The van der Waals surface area contributed by atoms with Crippen LogP contribution in [0.15, 0.2) is 0 Å². The van der Waals surface area contributed by atoms with Gasteiger partial charge < -0.3 is 5.32 Å². The van der Waals surface area contributed by atoms with E-state index in [0.29, 0.717) is 0 Å². The van der Waals surface area contributed by atoms with Gasteiger partial charge >= 0.3 is 0 Å². The monoisotopic (exact) mass is 211 g/mol. The maximum atomic E-state index is 3.55. The van der Waals surface area contributed by atoms with E-state index in [4.69, 9.17) is 0 Å². The lowest BCUT2D eigenvalue weighted by molar-refractivity contribution is 0.263. The maximum Gasteiger partial charge on any atom is 0.00923 e. The summed E-state index contributed by atoms with van der Waals surface area (Å²) in [4.78, 5) is 0. The van der Waals surface area contributed by atoms with Crippen LogP contribution in [0, 0.1) is 5.92 Å². The Morgan fingerprint density at radius 3 is 2.40 bits per heavy atom. The molecule has 0 aromatic heterocycles. The lowest BCUT2D eigenvalue weighted by Crippen LogP contribution is -2.34. The van der Waals surface area contributed by atoms with Crippen LogP contribution >= 0.6 is 0 Å². The number of hydrogen-bond acceptors (Lipinski definition) is 1. The van der Waals surface area contributed by atoms with Crippen molar-refractivity contribution in [1.29, 1.82) is 0 Å². The summed E-state index contributed by atoms with van der Waals surface area (Å²) in [6.07, 6.45) is 14.4. The van der Waals surface area contributed by atoms with Crippen LogP contribution in [0.1, 0.15) is 71.1 Å². The van der Waals surface area contributed by atoms with E-state index in [2.05, 4.69) is 19.3 Å². The van der Waals surface area contributed by atoms with Crippen LogP contribution < -0.4 is 5.32 Å². The molecule has 1 unspecified atom stereocenters. The third-order valence-corrected chi connectivity index (χ3v) is 3.96. The summed E-state index contributed by atoms with van der Waals surface area (Å²) in [5, 5.41) is 3.55. The Kier molecular flexibility index (Phi) is 7.08. The van der Waals surface area contributed by atoms with Crippen LogP contribution in [-0.4, -0.2) is 13.1 Å². The Balaban J connectivity index is 2.15. The molecule has 1 nitrogen and oxygen atoms in total. The molecule has 0 radical (unpaired) electrons. The van der Waals surface area contributed by atoms with Crippen molar-refractivity contribution in [3.05, 3.63) is 0 Å². The summed E-state index contributed by atoms with van der Waals surface area (Å²) >= 11 is 0. The van der Waals surface area contributed by atoms with Crippen LogP contribution in [0.25, 0.3) is 0 Å². The van der Waals surface area contributed by atoms with Crippen molar-refractivity contribution in [3.63, 3.8) is 0 Å². The van der Waals surface area contributed by atoms with E-state index in [1.165, 1.54) is 64.2 Å². The van der Waals surface area contributed by atoms with Gasteiger partial charge in [0.2, 0.25) is 0 Å². The van der Waals surface area contributed by atoms with Crippen LogP contribution in [0.5, 0.6) is 0 Å². The first-order valence-corrected chi connectivity index (χ1v) is 7.05. The zero-order valence-corrected chi connectivity index (χ0v) is 10.7. The zero-order chi connectivity index (χ0) is 10.9. The largest absolute Gasteiger partial charge is 0.317 e. The van der Waals surface area contributed by atoms with Crippen molar-refractivity contribution >= 4 is 0 Å². The van der Waals surface area contributed by atoms with Gasteiger partial charge in [-0.25, -0.2) is 0 Å². The molecule has 1 fully saturated rings. The van der Waals surface area contributed by atoms with E-state index in [-0.39, 0.29) is 0 Å². The predicted octanol–water partition coefficient (Wildman–Crippen LogP) is 4.13. The number of nitrogens with one attached hydrogen (secondary N) is 1. The Labute approximate surface area is 96.0 Å². The molecule has 0 aromatic rings. The highest BCUT2D eigenvalue weighted by Crippen LogP contribution is 2.28. The molecule has 1 atom stereocenters. The van der Waals surface area contributed by atoms with E-state index in [0.717, 1.165) is 12.0 Å². The SMILES string of the molecule is CCCCCCC(NC)C1CCCCC1. The molecule has 1 saturated carbocycles. The van der Waals surface area contributed by atoms with Crippen molar-refractivity contribution in [3.8, 4) is 0 Å². The molecule has 0 heterocycles. The second-order valence-electron chi connectivity index (χ2n) is 5.14. The molecule has 1 aliphatic rings. The summed E-state index contributed by atoms with van der Waals surface area (Å²) in [6.45, 7) is 2.29. The molecule has 1 aliphatic carbocycles. The van der Waals surface area contributed by atoms with Gasteiger partial charge in [-0.15, -0.1) is 0 Å². The smallest absolute Gasteiger partial charge is 0.00923 e. The van der Waals surface area contributed by atoms with Crippen molar-refractivity contribution in [2.75, 3.05) is 7.05 Å². The van der Waals surface area contributed by atoms with E-state index in [9.17, 15) is 0 Å². The molecule has 1 rings (SSSR count). The van der Waals surface area contributed by atoms with Gasteiger partial charge in [0.05, 0.1) is 0 Å². The first kappa shape index (κ1) is 13.0. The quantitative estimate of drug-likeness (QED) is 0.624. The van der Waals surface area contributed by atoms with E-state index < -0.39 is 0 Å². The van der Waals surface area contributed by atoms with Crippen molar-refractivity contribution < 1.29 is 0 Å². The van der Waals surface area contributed by atoms with Gasteiger partial charge in [-0.1, -0.05) is 51.9 Å². The summed E-state index contributed by atoms with van der Waals surface area (Å²) in [6, 6.07) is 0.808. The van der Waals surface area contributed by atoms with E-state index in [1.807, 2.05) is 0 Å². The molecular formula is C14H29N. The first-order valence-electron chi connectivity index (χ1n) is 7.05. The standard InChI is InChI=1S/C14H29N/c1-3-4-5-9-12-14(15-2)13-10-7-6-8-11-13/h13-15H,3-12H2,1-2H3. The number of hydrogen-bond donors (Lipinski definition) is 1. The number of unbranched alkanes of at least 4 members (excludes halogenated alkanes) is 3. The highest BCUT2D eigenvalue weighted by Gasteiger charge is 2.21. The third-order valence-electron chi connectivity index (χ3n) is 3.96. The average molecular weight is 211 g/mol. The van der Waals surface area contributed by atoms with Crippen molar-refractivity contribution in [2.45, 2.75) is 77.2 Å². The molecule has 1 N–H and O–H groups in total. The van der Waals surface area contributed by atoms with Gasteiger partial charge in [-0.05, 0) is 32.2 Å². The minimum atomic E-state index is 0.808. The zero-order valence-electron chi connectivity index (χ0n) is 10.7. The average Bonchev–Trinajstić information content (AvgIpc) is 2.30. The highest BCUT2D eigenvalue weighted by molar-refractivity contribution is 4.78. The topological polar surface area (TPSA) is 12.0 Å². The first-order chi connectivity index (χ1) is 7.38. The summed E-state index contributed by atoms with van der Waals surface area (Å²) in [7, 11) is 2.15. The third kappa shape index (κ3) is 5.01. The van der Waals surface area contributed by atoms with Crippen LogP contribution in [0.4, 0.5) is 0 Å². The summed E-state index contributed by atoms with van der Waals surface area (Å²) in [5.41, 5.74) is 0. The predicted molar refractivity (Wildman–Crippen MR) is 68.2 cm³/mol. The molecule has 15 heavy (non-hydrogen) atoms. The molecule has 0 spiro atoms. The lowest BCUT2D eigenvalue weighted by Gasteiger charge is -2.30. The van der Waals surface area contributed by atoms with E-state index in [1.54, 1.807) is 0 Å². The summed E-state index contributed by atoms with van der Waals surface area (Å²) in [5.74, 6) is 0.977. The fraction of sp³-hybridized carbons (Fsp3) is 1.00. The van der Waals surface area contributed by atoms with Gasteiger partial charge in [0.25, 0.3) is 0 Å². The van der Waals surface area contributed by atoms with Crippen LogP contribution in [0.2, 0.25) is 0 Å². The normalized spacial score (nSPS) is 20.4. The van der Waals surface area contributed by atoms with E-state index >= 15 is 0 Å². The fourth-order valence-electron chi connectivity index (χ4n) is 2.94. The van der Waals surface area contributed by atoms with Gasteiger partial charge in [-0.2, -0.15) is 0 Å². The van der Waals surface area contributed by atoms with Crippen molar-refractivity contribution in [1.82, 2.24) is 5.32 Å². The lowest BCUT2D eigenvalue weighted by atomic mass is 9.82. The molecule has 1 heteroatoms. The molecule has 90 valence electrons. The highest BCUT2D eigenvalue weighted by atomic mass is 14.9. The maximum absolute atomic E-state index is 3.55. The molecule has 0 aliphatic heterocycles. The van der Waals surface area contributed by atoms with Gasteiger partial charge in [0.1, 0.15) is 0 Å². The Bertz CT molecular complexity index is 138. The minimum absolute atomic E-state index is 0.808. The van der Waals surface area contributed by atoms with Gasteiger partial charge in [0, 0.05) is 6.04 Å². The minimum Gasteiger partial charge on any atom is -0.317 e. The van der Waals surface area contributed by atoms with Crippen molar-refractivity contribution in [2.24, 2.45) is 5.92 Å². The molecule has 0 aromatic carbocycles.